The molecule has 0 saturated heterocycles. The van der Waals surface area contributed by atoms with Crippen LogP contribution in [0.1, 0.15) is 59.5 Å². The minimum Gasteiger partial charge on any atom is -0.426 e. The number of esters is 1. The summed E-state index contributed by atoms with van der Waals surface area (Å²) in [4.78, 5) is 25.9. The first kappa shape index (κ1) is 17.5. The van der Waals surface area contributed by atoms with Gasteiger partial charge < -0.3 is 4.74 Å². The fourth-order valence-electron chi connectivity index (χ4n) is 4.43. The van der Waals surface area contributed by atoms with E-state index in [1.807, 2.05) is 49.4 Å². The molecule has 4 rings (SSSR count). The van der Waals surface area contributed by atoms with E-state index in [2.05, 4.69) is 15.9 Å². The fourth-order valence-corrected chi connectivity index (χ4v) is 4.81. The summed E-state index contributed by atoms with van der Waals surface area (Å²) >= 11 is 3.52. The number of fused-ring (bicyclic) bond motifs is 1. The normalized spacial score (nSPS) is 20.7. The van der Waals surface area contributed by atoms with Crippen molar-refractivity contribution in [1.29, 1.82) is 0 Å². The van der Waals surface area contributed by atoms with Crippen LogP contribution in [-0.2, 0) is 4.79 Å². The predicted molar refractivity (Wildman–Crippen MR) is 104 cm³/mol. The number of carbonyl (C=O) groups is 2. The SMILES string of the molecule is Cc1ccc(C(=O)CC2c3cc(Br)ccc3OC(=O)C23CCCC3)cc1. The van der Waals surface area contributed by atoms with Crippen LogP contribution in [0.15, 0.2) is 46.9 Å². The first-order valence-electron chi connectivity index (χ1n) is 9.11. The van der Waals surface area contributed by atoms with Gasteiger partial charge in [-0.3, -0.25) is 9.59 Å². The highest BCUT2D eigenvalue weighted by Gasteiger charge is 2.53. The van der Waals surface area contributed by atoms with E-state index >= 15 is 0 Å². The Balaban J connectivity index is 1.75. The molecule has 0 N–H and O–H groups in total. The molecular formula is C22H21BrO3. The molecule has 0 radical (unpaired) electrons. The van der Waals surface area contributed by atoms with Crippen LogP contribution in [0.3, 0.4) is 0 Å². The number of ether oxygens (including phenoxy) is 1. The van der Waals surface area contributed by atoms with Gasteiger partial charge in [-0.15, -0.1) is 0 Å². The number of hydrogen-bond acceptors (Lipinski definition) is 3. The first-order valence-corrected chi connectivity index (χ1v) is 9.90. The molecule has 1 unspecified atom stereocenters. The maximum atomic E-state index is 13.0. The van der Waals surface area contributed by atoms with Crippen molar-refractivity contribution in [2.45, 2.75) is 44.9 Å². The fraction of sp³-hybridized carbons (Fsp3) is 0.364. The molecule has 2 aromatic rings. The van der Waals surface area contributed by atoms with Crippen LogP contribution in [0.25, 0.3) is 0 Å². The van der Waals surface area contributed by atoms with E-state index in [0.717, 1.165) is 41.3 Å². The topological polar surface area (TPSA) is 43.4 Å². The van der Waals surface area contributed by atoms with Crippen LogP contribution in [0.5, 0.6) is 5.75 Å². The van der Waals surface area contributed by atoms with E-state index < -0.39 is 5.41 Å². The van der Waals surface area contributed by atoms with E-state index in [1.165, 1.54) is 0 Å². The average Bonchev–Trinajstić information content (AvgIpc) is 3.11. The van der Waals surface area contributed by atoms with Crippen LogP contribution in [0.4, 0.5) is 0 Å². The Bertz CT molecular complexity index is 863. The van der Waals surface area contributed by atoms with Crippen molar-refractivity contribution in [3.05, 3.63) is 63.6 Å². The molecule has 0 amide bonds. The lowest BCUT2D eigenvalue weighted by Crippen LogP contribution is -2.42. The highest BCUT2D eigenvalue weighted by atomic mass is 79.9. The number of carbonyl (C=O) groups excluding carboxylic acids is 2. The third-order valence-electron chi connectivity index (χ3n) is 5.88. The Morgan fingerprint density at radius 3 is 2.54 bits per heavy atom. The smallest absolute Gasteiger partial charge is 0.318 e. The van der Waals surface area contributed by atoms with Crippen molar-refractivity contribution in [3.63, 3.8) is 0 Å². The highest BCUT2D eigenvalue weighted by Crippen LogP contribution is 2.56. The summed E-state index contributed by atoms with van der Waals surface area (Å²) in [5.41, 5.74) is 2.25. The predicted octanol–water partition coefficient (Wildman–Crippen LogP) is 5.59. The number of benzene rings is 2. The van der Waals surface area contributed by atoms with Crippen LogP contribution in [-0.4, -0.2) is 11.8 Å². The maximum Gasteiger partial charge on any atom is 0.318 e. The van der Waals surface area contributed by atoms with Gasteiger partial charge in [0.05, 0.1) is 5.41 Å². The molecule has 1 atom stereocenters. The van der Waals surface area contributed by atoms with Gasteiger partial charge in [0, 0.05) is 27.9 Å². The maximum absolute atomic E-state index is 13.0. The van der Waals surface area contributed by atoms with Crippen LogP contribution in [0.2, 0.25) is 0 Å². The molecule has 0 bridgehead atoms. The quantitative estimate of drug-likeness (QED) is 0.374. The van der Waals surface area contributed by atoms with E-state index in [4.69, 9.17) is 4.74 Å². The first-order chi connectivity index (χ1) is 12.5. The van der Waals surface area contributed by atoms with Gasteiger partial charge >= 0.3 is 5.97 Å². The van der Waals surface area contributed by atoms with Crippen LogP contribution >= 0.6 is 15.9 Å². The third kappa shape index (κ3) is 2.90. The van der Waals surface area contributed by atoms with E-state index in [-0.39, 0.29) is 17.7 Å². The van der Waals surface area contributed by atoms with Crippen molar-refractivity contribution in [3.8, 4) is 5.75 Å². The van der Waals surface area contributed by atoms with Gasteiger partial charge in [-0.25, -0.2) is 0 Å². The Labute approximate surface area is 161 Å². The molecule has 1 aliphatic carbocycles. The number of rotatable bonds is 3. The summed E-state index contributed by atoms with van der Waals surface area (Å²) in [6, 6.07) is 13.4. The molecule has 26 heavy (non-hydrogen) atoms. The summed E-state index contributed by atoms with van der Waals surface area (Å²) in [7, 11) is 0. The van der Waals surface area contributed by atoms with E-state index in [0.29, 0.717) is 17.7 Å². The molecule has 1 fully saturated rings. The number of halogens is 1. The number of aryl methyl sites for hydroxylation is 1. The monoisotopic (exact) mass is 412 g/mol. The van der Waals surface area contributed by atoms with Crippen LogP contribution < -0.4 is 4.74 Å². The summed E-state index contributed by atoms with van der Waals surface area (Å²) in [5, 5.41) is 0. The third-order valence-corrected chi connectivity index (χ3v) is 6.38. The van der Waals surface area contributed by atoms with Crippen molar-refractivity contribution >= 4 is 27.7 Å². The number of ketones is 1. The zero-order valence-electron chi connectivity index (χ0n) is 14.8. The van der Waals surface area contributed by atoms with Crippen molar-refractivity contribution in [2.75, 3.05) is 0 Å². The summed E-state index contributed by atoms with van der Waals surface area (Å²) < 4.78 is 6.63. The Kier molecular flexibility index (Phi) is 4.47. The Hall–Kier alpha value is -1.94. The van der Waals surface area contributed by atoms with Gasteiger partial charge in [0.2, 0.25) is 0 Å². The van der Waals surface area contributed by atoms with Gasteiger partial charge in [-0.2, -0.15) is 0 Å². The summed E-state index contributed by atoms with van der Waals surface area (Å²) in [6.07, 6.45) is 3.94. The Morgan fingerprint density at radius 1 is 1.15 bits per heavy atom. The second-order valence-electron chi connectivity index (χ2n) is 7.48. The second kappa shape index (κ2) is 6.66. The standard InChI is InChI=1S/C22H21BrO3/c1-14-4-6-15(7-5-14)19(24)13-18-17-12-16(23)8-9-20(17)26-21(25)22(18)10-2-3-11-22/h4-9,12,18H,2-3,10-11,13H2,1H3. The van der Waals surface area contributed by atoms with Gasteiger partial charge in [-0.1, -0.05) is 58.6 Å². The zero-order chi connectivity index (χ0) is 18.3. The van der Waals surface area contributed by atoms with E-state index in [9.17, 15) is 9.59 Å². The number of hydrogen-bond donors (Lipinski definition) is 0. The van der Waals surface area contributed by atoms with Gasteiger partial charge in [0.15, 0.2) is 5.78 Å². The lowest BCUT2D eigenvalue weighted by atomic mass is 9.66. The van der Waals surface area contributed by atoms with Crippen molar-refractivity contribution in [1.82, 2.24) is 0 Å². The van der Waals surface area contributed by atoms with Crippen molar-refractivity contribution < 1.29 is 14.3 Å². The molecule has 1 saturated carbocycles. The highest BCUT2D eigenvalue weighted by molar-refractivity contribution is 9.10. The lowest BCUT2D eigenvalue weighted by molar-refractivity contribution is -0.149. The van der Waals surface area contributed by atoms with Crippen molar-refractivity contribution in [2.24, 2.45) is 5.41 Å². The molecule has 4 heteroatoms. The number of Topliss-reactive ketones (excluding diaryl/α,β-unsaturated/α-hetero) is 1. The molecule has 0 aromatic heterocycles. The molecular weight excluding hydrogens is 392 g/mol. The molecule has 1 aliphatic heterocycles. The average molecular weight is 413 g/mol. The largest absolute Gasteiger partial charge is 0.426 e. The molecule has 2 aliphatic rings. The summed E-state index contributed by atoms with van der Waals surface area (Å²) in [5.74, 6) is 0.387. The lowest BCUT2D eigenvalue weighted by Gasteiger charge is -2.40. The zero-order valence-corrected chi connectivity index (χ0v) is 16.3. The molecule has 2 aromatic carbocycles. The molecule has 3 nitrogen and oxygen atoms in total. The van der Waals surface area contributed by atoms with Gasteiger partial charge in [0.25, 0.3) is 0 Å². The van der Waals surface area contributed by atoms with Crippen LogP contribution in [0, 0.1) is 12.3 Å². The van der Waals surface area contributed by atoms with Gasteiger partial charge in [-0.05, 0) is 38.0 Å². The van der Waals surface area contributed by atoms with Gasteiger partial charge in [0.1, 0.15) is 5.75 Å². The van der Waals surface area contributed by atoms with E-state index in [1.54, 1.807) is 0 Å². The molecule has 1 spiro atoms. The Morgan fingerprint density at radius 2 is 1.85 bits per heavy atom. The summed E-state index contributed by atoms with van der Waals surface area (Å²) in [6.45, 7) is 2.01. The molecule has 134 valence electrons. The minimum atomic E-state index is -0.561. The minimum absolute atomic E-state index is 0.0851. The molecule has 1 heterocycles. The second-order valence-corrected chi connectivity index (χ2v) is 8.40.